The first-order chi connectivity index (χ1) is 14.1. The summed E-state index contributed by atoms with van der Waals surface area (Å²) in [5.41, 5.74) is 2.21. The summed E-state index contributed by atoms with van der Waals surface area (Å²) >= 11 is 0. The van der Waals surface area contributed by atoms with Crippen LogP contribution in [0.4, 0.5) is 5.69 Å². The molecule has 29 heavy (non-hydrogen) atoms. The Morgan fingerprint density at radius 2 is 1.79 bits per heavy atom. The van der Waals surface area contributed by atoms with Crippen LogP contribution in [0.3, 0.4) is 0 Å². The van der Waals surface area contributed by atoms with Crippen molar-refractivity contribution in [2.24, 2.45) is 0 Å². The standard InChI is InChI=1S/C24H29N3O2/c1-3-17-27(18-4-2)24(29)13-8-12-23(28)26-22-11-7-9-20(19-22)14-15-21-10-5-6-16-25-21/h5-7,9-11,16,19H,3-4,8,12-13,17-18H2,1-2H3,(H,26,28). The highest BCUT2D eigenvalue weighted by atomic mass is 16.2. The van der Waals surface area contributed by atoms with Crippen molar-refractivity contribution in [3.05, 3.63) is 59.9 Å². The Bertz CT molecular complexity index is 847. The summed E-state index contributed by atoms with van der Waals surface area (Å²) in [4.78, 5) is 30.6. The number of hydrogen-bond acceptors (Lipinski definition) is 3. The topological polar surface area (TPSA) is 62.3 Å². The van der Waals surface area contributed by atoms with Gasteiger partial charge in [0, 0.05) is 43.4 Å². The van der Waals surface area contributed by atoms with Crippen LogP contribution in [0.5, 0.6) is 0 Å². The van der Waals surface area contributed by atoms with Gasteiger partial charge in [-0.25, -0.2) is 4.98 Å². The molecule has 152 valence electrons. The highest BCUT2D eigenvalue weighted by Gasteiger charge is 2.12. The third kappa shape index (κ3) is 8.18. The molecule has 0 unspecified atom stereocenters. The van der Waals surface area contributed by atoms with Crippen LogP contribution in [0.1, 0.15) is 57.2 Å². The van der Waals surface area contributed by atoms with Gasteiger partial charge in [-0.2, -0.15) is 0 Å². The molecule has 0 aliphatic heterocycles. The van der Waals surface area contributed by atoms with Crippen molar-refractivity contribution in [1.29, 1.82) is 0 Å². The first-order valence-corrected chi connectivity index (χ1v) is 10.2. The van der Waals surface area contributed by atoms with E-state index < -0.39 is 0 Å². The van der Waals surface area contributed by atoms with Gasteiger partial charge in [0.1, 0.15) is 5.69 Å². The van der Waals surface area contributed by atoms with Crippen molar-refractivity contribution >= 4 is 17.5 Å². The van der Waals surface area contributed by atoms with Crippen molar-refractivity contribution in [3.8, 4) is 11.8 Å². The second kappa shape index (κ2) is 12.4. The number of hydrogen-bond donors (Lipinski definition) is 1. The molecule has 1 aromatic carbocycles. The zero-order valence-corrected chi connectivity index (χ0v) is 17.3. The maximum atomic E-state index is 12.3. The van der Waals surface area contributed by atoms with Crippen LogP contribution in [-0.2, 0) is 9.59 Å². The Hall–Kier alpha value is -3.13. The van der Waals surface area contributed by atoms with E-state index in [1.165, 1.54) is 0 Å². The van der Waals surface area contributed by atoms with Crippen molar-refractivity contribution in [1.82, 2.24) is 9.88 Å². The van der Waals surface area contributed by atoms with E-state index in [0.717, 1.165) is 31.5 Å². The van der Waals surface area contributed by atoms with Gasteiger partial charge >= 0.3 is 0 Å². The molecule has 5 heteroatoms. The number of nitrogens with zero attached hydrogens (tertiary/aromatic N) is 2. The number of pyridine rings is 1. The first-order valence-electron chi connectivity index (χ1n) is 10.2. The largest absolute Gasteiger partial charge is 0.343 e. The Morgan fingerprint density at radius 1 is 1.00 bits per heavy atom. The highest BCUT2D eigenvalue weighted by Crippen LogP contribution is 2.11. The van der Waals surface area contributed by atoms with Crippen LogP contribution < -0.4 is 5.32 Å². The number of aromatic nitrogens is 1. The zero-order chi connectivity index (χ0) is 20.9. The molecule has 0 fully saturated rings. The van der Waals surface area contributed by atoms with Crippen LogP contribution in [0.2, 0.25) is 0 Å². The molecular formula is C24H29N3O2. The molecule has 1 aromatic heterocycles. The highest BCUT2D eigenvalue weighted by molar-refractivity contribution is 5.91. The molecule has 5 nitrogen and oxygen atoms in total. The summed E-state index contributed by atoms with van der Waals surface area (Å²) in [6.45, 7) is 5.70. The predicted molar refractivity (Wildman–Crippen MR) is 116 cm³/mol. The average Bonchev–Trinajstić information content (AvgIpc) is 2.73. The smallest absolute Gasteiger partial charge is 0.224 e. The van der Waals surface area contributed by atoms with E-state index >= 15 is 0 Å². The van der Waals surface area contributed by atoms with Gasteiger partial charge < -0.3 is 10.2 Å². The molecule has 0 saturated carbocycles. The van der Waals surface area contributed by atoms with Gasteiger partial charge in [-0.05, 0) is 55.5 Å². The van der Waals surface area contributed by atoms with E-state index in [1.807, 2.05) is 47.4 Å². The fourth-order valence-electron chi connectivity index (χ4n) is 2.93. The van der Waals surface area contributed by atoms with Gasteiger partial charge in [0.25, 0.3) is 0 Å². The minimum atomic E-state index is -0.0924. The second-order valence-electron chi connectivity index (χ2n) is 6.83. The summed E-state index contributed by atoms with van der Waals surface area (Å²) in [5, 5.41) is 2.89. The normalized spacial score (nSPS) is 10.0. The number of amides is 2. The molecule has 0 saturated heterocycles. The first kappa shape index (κ1) is 22.2. The van der Waals surface area contributed by atoms with Crippen LogP contribution in [0.25, 0.3) is 0 Å². The molecule has 0 spiro atoms. The monoisotopic (exact) mass is 391 g/mol. The molecule has 2 amide bonds. The summed E-state index contributed by atoms with van der Waals surface area (Å²) < 4.78 is 0. The van der Waals surface area contributed by atoms with Gasteiger partial charge in [-0.3, -0.25) is 9.59 Å². The maximum Gasteiger partial charge on any atom is 0.224 e. The molecule has 0 atom stereocenters. The Labute approximate surface area is 173 Å². The minimum absolute atomic E-state index is 0.0924. The maximum absolute atomic E-state index is 12.3. The van der Waals surface area contributed by atoms with E-state index in [4.69, 9.17) is 0 Å². The predicted octanol–water partition coefficient (Wildman–Crippen LogP) is 4.24. The van der Waals surface area contributed by atoms with Crippen LogP contribution in [0, 0.1) is 11.8 Å². The average molecular weight is 392 g/mol. The lowest BCUT2D eigenvalue weighted by Gasteiger charge is -2.21. The summed E-state index contributed by atoms with van der Waals surface area (Å²) in [5.74, 6) is 6.10. The Morgan fingerprint density at radius 3 is 2.48 bits per heavy atom. The van der Waals surface area contributed by atoms with E-state index in [9.17, 15) is 9.59 Å². The van der Waals surface area contributed by atoms with Crippen molar-refractivity contribution in [2.45, 2.75) is 46.0 Å². The fourth-order valence-corrected chi connectivity index (χ4v) is 2.93. The number of nitrogens with one attached hydrogen (secondary N) is 1. The number of anilines is 1. The third-order valence-corrected chi connectivity index (χ3v) is 4.28. The minimum Gasteiger partial charge on any atom is -0.343 e. The summed E-state index contributed by atoms with van der Waals surface area (Å²) in [6.07, 6.45) is 4.88. The van der Waals surface area contributed by atoms with Gasteiger partial charge in [0.15, 0.2) is 0 Å². The van der Waals surface area contributed by atoms with Crippen LogP contribution in [0.15, 0.2) is 48.7 Å². The SMILES string of the molecule is CCCN(CCC)C(=O)CCCC(=O)Nc1cccc(C#Cc2ccccn2)c1. The zero-order valence-electron chi connectivity index (χ0n) is 17.3. The lowest BCUT2D eigenvalue weighted by molar-refractivity contribution is -0.131. The fraction of sp³-hybridized carbons (Fsp3) is 0.375. The van der Waals surface area contributed by atoms with E-state index in [-0.39, 0.29) is 11.8 Å². The second-order valence-corrected chi connectivity index (χ2v) is 6.83. The van der Waals surface area contributed by atoms with E-state index in [0.29, 0.717) is 30.6 Å². The number of rotatable bonds is 9. The van der Waals surface area contributed by atoms with Gasteiger partial charge in [-0.15, -0.1) is 0 Å². The molecule has 2 rings (SSSR count). The van der Waals surface area contributed by atoms with Gasteiger partial charge in [-0.1, -0.05) is 31.9 Å². The lowest BCUT2D eigenvalue weighted by atomic mass is 10.1. The summed E-state index contributed by atoms with van der Waals surface area (Å²) in [6, 6.07) is 13.0. The van der Waals surface area contributed by atoms with Crippen molar-refractivity contribution in [3.63, 3.8) is 0 Å². The number of carbonyl (C=O) groups excluding carboxylic acids is 2. The molecule has 2 aromatic rings. The quantitative estimate of drug-likeness (QED) is 0.651. The molecule has 0 aliphatic carbocycles. The van der Waals surface area contributed by atoms with Crippen LogP contribution >= 0.6 is 0 Å². The van der Waals surface area contributed by atoms with E-state index in [2.05, 4.69) is 36.0 Å². The lowest BCUT2D eigenvalue weighted by Crippen LogP contribution is -2.32. The Balaban J connectivity index is 1.83. The number of carbonyl (C=O) groups is 2. The molecular weight excluding hydrogens is 362 g/mol. The van der Waals surface area contributed by atoms with Gasteiger partial charge in [0.05, 0.1) is 0 Å². The van der Waals surface area contributed by atoms with Crippen molar-refractivity contribution in [2.75, 3.05) is 18.4 Å². The van der Waals surface area contributed by atoms with Crippen molar-refractivity contribution < 1.29 is 9.59 Å². The molecule has 0 radical (unpaired) electrons. The third-order valence-electron chi connectivity index (χ3n) is 4.28. The Kier molecular flexibility index (Phi) is 9.44. The van der Waals surface area contributed by atoms with Gasteiger partial charge in [0.2, 0.25) is 11.8 Å². The summed E-state index contributed by atoms with van der Waals surface area (Å²) in [7, 11) is 0. The molecule has 1 heterocycles. The van der Waals surface area contributed by atoms with E-state index in [1.54, 1.807) is 6.20 Å². The number of benzene rings is 1. The molecule has 1 N–H and O–H groups in total. The van der Waals surface area contributed by atoms with Crippen LogP contribution in [-0.4, -0.2) is 34.8 Å². The molecule has 0 aliphatic rings. The molecule has 0 bridgehead atoms.